The van der Waals surface area contributed by atoms with Crippen LogP contribution in [-0.4, -0.2) is 18.3 Å². The van der Waals surface area contributed by atoms with Crippen molar-refractivity contribution in [2.45, 2.75) is 0 Å². The van der Waals surface area contributed by atoms with Gasteiger partial charge in [0.1, 0.15) is 11.6 Å². The molecule has 15 aromatic rings. The van der Waals surface area contributed by atoms with Gasteiger partial charge in [-0.1, -0.05) is 170 Å². The summed E-state index contributed by atoms with van der Waals surface area (Å²) < 4.78 is 9.54. The third kappa shape index (κ3) is 5.69. The van der Waals surface area contributed by atoms with Crippen LogP contribution in [0.25, 0.3) is 132 Å². The van der Waals surface area contributed by atoms with Gasteiger partial charge in [-0.3, -0.25) is 0 Å². The van der Waals surface area contributed by atoms with E-state index in [4.69, 9.17) is 0 Å². The van der Waals surface area contributed by atoms with Crippen LogP contribution in [0.15, 0.2) is 249 Å². The fourth-order valence-electron chi connectivity index (χ4n) is 12.0. The Morgan fingerprint density at radius 3 is 1.24 bits per heavy atom. The summed E-state index contributed by atoms with van der Waals surface area (Å²) in [6.07, 6.45) is 0. The Labute approximate surface area is 414 Å². The lowest BCUT2D eigenvalue weighted by atomic mass is 9.96. The Morgan fingerprint density at radius 1 is 0.264 bits per heavy atom. The minimum Gasteiger partial charge on any atom is -0.309 e. The molecule has 0 radical (unpaired) electrons. The molecular formula is C67H41N5. The number of hydrogen-bond acceptors (Lipinski definition) is 1. The molecule has 5 nitrogen and oxygen atoms in total. The minimum atomic E-state index is 0.579. The number of hydrogen-bond donors (Lipinski definition) is 0. The number of nitriles is 1. The van der Waals surface area contributed by atoms with E-state index in [1.54, 1.807) is 0 Å². The van der Waals surface area contributed by atoms with E-state index in [0.29, 0.717) is 5.56 Å². The highest BCUT2D eigenvalue weighted by Gasteiger charge is 2.27. The van der Waals surface area contributed by atoms with Gasteiger partial charge in [0.15, 0.2) is 0 Å². The average molecular weight is 916 g/mol. The van der Waals surface area contributed by atoms with Gasteiger partial charge in [0.2, 0.25) is 0 Å². The molecule has 11 aromatic carbocycles. The Morgan fingerprint density at radius 2 is 0.667 bits per heavy atom. The predicted octanol–water partition coefficient (Wildman–Crippen LogP) is 17.3. The van der Waals surface area contributed by atoms with Gasteiger partial charge in [0, 0.05) is 54.5 Å². The highest BCUT2D eigenvalue weighted by molar-refractivity contribution is 6.28. The first-order chi connectivity index (χ1) is 35.7. The summed E-state index contributed by atoms with van der Waals surface area (Å²) in [7, 11) is 0. The second-order valence-corrected chi connectivity index (χ2v) is 18.7. The Balaban J connectivity index is 1.12. The van der Waals surface area contributed by atoms with E-state index in [1.807, 2.05) is 0 Å². The molecule has 72 heavy (non-hydrogen) atoms. The molecule has 0 N–H and O–H groups in total. The van der Waals surface area contributed by atoms with Crippen molar-refractivity contribution in [2.75, 3.05) is 0 Å². The van der Waals surface area contributed by atoms with Gasteiger partial charge in [-0.15, -0.1) is 0 Å². The van der Waals surface area contributed by atoms with Crippen LogP contribution in [0.3, 0.4) is 0 Å². The molecule has 334 valence electrons. The van der Waals surface area contributed by atoms with E-state index in [-0.39, 0.29) is 0 Å². The molecule has 15 rings (SSSR count). The van der Waals surface area contributed by atoms with Crippen molar-refractivity contribution in [3.63, 3.8) is 0 Å². The van der Waals surface area contributed by atoms with Gasteiger partial charge >= 0.3 is 0 Å². The molecule has 0 aliphatic rings. The number of fused-ring (bicyclic) bond motifs is 14. The lowest BCUT2D eigenvalue weighted by molar-refractivity contribution is 1.12. The van der Waals surface area contributed by atoms with E-state index in [0.717, 1.165) is 121 Å². The zero-order chi connectivity index (χ0) is 47.4. The second-order valence-electron chi connectivity index (χ2n) is 18.7. The lowest BCUT2D eigenvalue weighted by Crippen LogP contribution is -2.05. The molecule has 0 aliphatic carbocycles. The zero-order valence-electron chi connectivity index (χ0n) is 38.9. The molecule has 0 fully saturated rings. The van der Waals surface area contributed by atoms with E-state index in [9.17, 15) is 5.26 Å². The molecule has 0 atom stereocenters. The van der Waals surface area contributed by atoms with Crippen molar-refractivity contribution in [1.82, 2.24) is 18.3 Å². The Hall–Kier alpha value is -9.89. The zero-order valence-corrected chi connectivity index (χ0v) is 38.9. The van der Waals surface area contributed by atoms with E-state index in [1.165, 1.54) is 10.8 Å². The molecular weight excluding hydrogens is 875 g/mol. The third-order valence-corrected chi connectivity index (χ3v) is 15.0. The lowest BCUT2D eigenvalue weighted by Gasteiger charge is -2.19. The first kappa shape index (κ1) is 40.0. The Bertz CT molecular complexity index is 4730. The maximum atomic E-state index is 12.1. The summed E-state index contributed by atoms with van der Waals surface area (Å²) in [5.74, 6) is 0. The van der Waals surface area contributed by atoms with Crippen LogP contribution in [0.2, 0.25) is 0 Å². The number of para-hydroxylation sites is 6. The minimum absolute atomic E-state index is 0.579. The number of rotatable bonds is 6. The fourth-order valence-corrected chi connectivity index (χ4v) is 12.0. The fraction of sp³-hybridized carbons (Fsp3) is 0. The van der Waals surface area contributed by atoms with Gasteiger partial charge in [0.25, 0.3) is 0 Å². The molecule has 0 unspecified atom stereocenters. The van der Waals surface area contributed by atoms with Crippen LogP contribution < -0.4 is 0 Å². The molecule has 0 saturated carbocycles. The standard InChI is InChI=1S/C67H41N5/c68-42-55-62(71-59-34-17-13-30-54(59)65-61(71)38-36-51-49-27-10-14-31-56(49)70(66(51)65)48-25-8-3-9-26-48)40-46(45-22-18-21-44(39-45)43-19-4-1-5-20-43)41-63(55)72-57-32-15-11-28-50(57)52-35-37-60-64(67(52)72)53-29-12-16-33-58(53)69(60)47-23-6-2-7-24-47/h1-41H. The molecule has 0 spiro atoms. The topological polar surface area (TPSA) is 43.5 Å². The molecule has 0 saturated heterocycles. The van der Waals surface area contributed by atoms with Crippen LogP contribution >= 0.6 is 0 Å². The van der Waals surface area contributed by atoms with Gasteiger partial charge < -0.3 is 18.3 Å². The largest absolute Gasteiger partial charge is 0.309 e. The normalized spacial score (nSPS) is 11.9. The maximum Gasteiger partial charge on any atom is 0.104 e. The Kier molecular flexibility index (Phi) is 8.66. The van der Waals surface area contributed by atoms with Crippen LogP contribution in [0.5, 0.6) is 0 Å². The SMILES string of the molecule is N#Cc1c(-n2c3ccccc3c3c2ccc2c4ccccc4n(-c4ccccc4)c23)cc(-c2cccc(-c3ccccc3)c2)cc1-n1c2ccccc2c2ccc3c(c4ccccc4n3-c3ccccc3)c21. The summed E-state index contributed by atoms with van der Waals surface area (Å²) in [6.45, 7) is 0. The van der Waals surface area contributed by atoms with Crippen molar-refractivity contribution >= 4 is 87.2 Å². The van der Waals surface area contributed by atoms with Crippen LogP contribution in [0.4, 0.5) is 0 Å². The first-order valence-corrected chi connectivity index (χ1v) is 24.5. The summed E-state index contributed by atoms with van der Waals surface area (Å²) in [4.78, 5) is 0. The highest BCUT2D eigenvalue weighted by Crippen LogP contribution is 2.47. The molecule has 0 aliphatic heterocycles. The summed E-state index contributed by atoms with van der Waals surface area (Å²) in [6, 6.07) is 92.0. The number of aromatic nitrogens is 4. The second kappa shape index (κ2) is 15.6. The molecule has 4 aromatic heterocycles. The van der Waals surface area contributed by atoms with E-state index >= 15 is 0 Å². The van der Waals surface area contributed by atoms with Crippen LogP contribution in [0, 0.1) is 11.3 Å². The monoisotopic (exact) mass is 915 g/mol. The molecule has 0 bridgehead atoms. The predicted molar refractivity (Wildman–Crippen MR) is 299 cm³/mol. The number of benzene rings is 11. The average Bonchev–Trinajstić information content (AvgIpc) is 4.18. The molecule has 0 amide bonds. The summed E-state index contributed by atoms with van der Waals surface area (Å²) in [5, 5.41) is 21.2. The smallest absolute Gasteiger partial charge is 0.104 e. The van der Waals surface area contributed by atoms with Crippen LogP contribution in [0.1, 0.15) is 5.56 Å². The van der Waals surface area contributed by atoms with Crippen LogP contribution in [-0.2, 0) is 0 Å². The van der Waals surface area contributed by atoms with E-state index < -0.39 is 0 Å². The van der Waals surface area contributed by atoms with Crippen molar-refractivity contribution in [3.05, 3.63) is 254 Å². The summed E-state index contributed by atoms with van der Waals surface area (Å²) >= 11 is 0. The summed E-state index contributed by atoms with van der Waals surface area (Å²) in [5.41, 5.74) is 17.4. The molecule has 4 heterocycles. The van der Waals surface area contributed by atoms with Gasteiger partial charge in [-0.25, -0.2) is 0 Å². The van der Waals surface area contributed by atoms with Gasteiger partial charge in [0.05, 0.1) is 55.5 Å². The van der Waals surface area contributed by atoms with Crippen molar-refractivity contribution in [1.29, 1.82) is 5.26 Å². The first-order valence-electron chi connectivity index (χ1n) is 24.5. The van der Waals surface area contributed by atoms with Gasteiger partial charge in [-0.2, -0.15) is 5.26 Å². The molecule has 5 heteroatoms. The van der Waals surface area contributed by atoms with Crippen molar-refractivity contribution < 1.29 is 0 Å². The van der Waals surface area contributed by atoms with Crippen molar-refractivity contribution in [2.24, 2.45) is 0 Å². The quantitative estimate of drug-likeness (QED) is 0.164. The van der Waals surface area contributed by atoms with E-state index in [2.05, 4.69) is 273 Å². The van der Waals surface area contributed by atoms with Gasteiger partial charge in [-0.05, 0) is 101 Å². The number of nitrogens with zero attached hydrogens (tertiary/aromatic N) is 5. The van der Waals surface area contributed by atoms with Crippen molar-refractivity contribution in [3.8, 4) is 51.1 Å². The maximum absolute atomic E-state index is 12.1. The highest BCUT2D eigenvalue weighted by atomic mass is 15.0. The third-order valence-electron chi connectivity index (χ3n) is 15.0.